The number of alkyl carbamates (subject to hydrolysis) is 1. The number of carbonyl (C=O) groups is 12. The number of ether oxygens (including phenoxy) is 5. The molecule has 2 aromatic heterocycles. The molecule has 45 heteroatoms. The fraction of sp³-hybridized carbons (Fsp3) is 0.585. The highest BCUT2D eigenvalue weighted by Crippen LogP contribution is 2.49. The number of hydrogen-bond acceptors (Lipinski definition) is 28. The number of guanidine groups is 1. The molecule has 4 bridgehead atoms. The zero-order valence-electron chi connectivity index (χ0n) is 61.3. The second-order valence-electron chi connectivity index (χ2n) is 26.3. The summed E-state index contributed by atoms with van der Waals surface area (Å²) in [6, 6.07) is -5.02. The molecule has 40 nitrogen and oxygen atoms in total. The number of nitrogens with zero attached hydrogens (tertiary/aromatic N) is 8. The van der Waals surface area contributed by atoms with Crippen LogP contribution in [0.3, 0.4) is 0 Å². The van der Waals surface area contributed by atoms with E-state index in [1.165, 1.54) is 44.8 Å². The molecule has 606 valence electrons. The molecule has 0 unspecified atom stereocenters. The van der Waals surface area contributed by atoms with Crippen LogP contribution in [0, 0.1) is 5.92 Å². The molecule has 2 fully saturated rings. The highest BCUT2D eigenvalue weighted by atomic mass is 35.5. The molecule has 0 radical (unpaired) electrons. The minimum atomic E-state index is -4.09. The first-order valence-electron chi connectivity index (χ1n) is 34.3. The number of amides is 8. The van der Waals surface area contributed by atoms with Crippen LogP contribution in [0.25, 0.3) is 0 Å². The van der Waals surface area contributed by atoms with E-state index < -0.39 is 183 Å². The molecule has 0 saturated carbocycles. The number of primary sulfonamides is 1. The summed E-state index contributed by atoms with van der Waals surface area (Å²) in [5.41, 5.74) is 9.88. The molecule has 3 aliphatic rings. The first kappa shape index (κ1) is 89.6. The molecule has 12 atom stereocenters. The number of benzene rings is 1. The maximum atomic E-state index is 14.5. The lowest BCUT2D eigenvalue weighted by Crippen LogP contribution is -2.63. The Morgan fingerprint density at radius 1 is 0.900 bits per heavy atom. The monoisotopic (exact) mass is 1640 g/mol. The lowest BCUT2D eigenvalue weighted by Gasteiger charge is -2.42. The van der Waals surface area contributed by atoms with Gasteiger partial charge in [-0.05, 0) is 83.4 Å². The van der Waals surface area contributed by atoms with Crippen LogP contribution in [0.4, 0.5) is 15.6 Å². The van der Waals surface area contributed by atoms with Crippen LogP contribution in [0.5, 0.6) is 5.75 Å². The summed E-state index contributed by atoms with van der Waals surface area (Å²) in [5.74, 6) is -12.9. The van der Waals surface area contributed by atoms with Gasteiger partial charge < -0.3 is 92.0 Å². The fourth-order valence-electron chi connectivity index (χ4n) is 11.6. The number of halogens is 1. The molecule has 3 aromatic rings. The second-order valence-corrected chi connectivity index (χ2v) is 32.0. The highest BCUT2D eigenvalue weighted by Gasteiger charge is 2.64. The number of likely N-dealkylation sites (N-methyl/N-ethyl adjacent to an activating group) is 1. The molecular weight excluding hydrogens is 1550 g/mol. The van der Waals surface area contributed by atoms with E-state index in [4.69, 9.17) is 51.9 Å². The maximum Gasteiger partial charge on any atom is 0.409 e. The molecule has 110 heavy (non-hydrogen) atoms. The Balaban J connectivity index is 1.03. The number of aliphatic carboxylic acids is 3. The predicted molar refractivity (Wildman–Crippen MR) is 397 cm³/mol. The molecule has 16 N–H and O–H groups in total. The van der Waals surface area contributed by atoms with Crippen LogP contribution >= 0.6 is 44.5 Å². The van der Waals surface area contributed by atoms with Crippen molar-refractivity contribution >= 4 is 143 Å². The number of allylic oxidation sites excluding steroid dienone is 3. The third-order valence-corrected chi connectivity index (χ3v) is 22.8. The van der Waals surface area contributed by atoms with Gasteiger partial charge in [0.05, 0.1) is 43.9 Å². The number of fused-ring (bicyclic) bond motifs is 5. The van der Waals surface area contributed by atoms with Gasteiger partial charge in [-0.2, -0.15) is 0 Å². The number of aromatic nitrogens is 5. The smallest absolute Gasteiger partial charge is 0.409 e. The van der Waals surface area contributed by atoms with Crippen LogP contribution in [0.1, 0.15) is 116 Å². The Hall–Kier alpha value is -9.31. The maximum absolute atomic E-state index is 14.5. The summed E-state index contributed by atoms with van der Waals surface area (Å²) in [6.45, 7) is 6.73. The number of carboxylic acid groups (broad SMARTS) is 3. The number of aliphatic hydroxyl groups is 1. The second kappa shape index (κ2) is 41.1. The molecule has 5 heterocycles. The zero-order valence-corrected chi connectivity index (χ0v) is 65.4. The summed E-state index contributed by atoms with van der Waals surface area (Å²) in [6.07, 6.45) is -0.438. The topological polar surface area (TPSA) is 595 Å². The van der Waals surface area contributed by atoms with E-state index in [9.17, 15) is 86.4 Å². The first-order chi connectivity index (χ1) is 51.7. The van der Waals surface area contributed by atoms with Crippen molar-refractivity contribution in [2.75, 3.05) is 56.6 Å². The number of aryl methyl sites for hydroxylation is 2. The highest BCUT2D eigenvalue weighted by molar-refractivity contribution is 8.76. The van der Waals surface area contributed by atoms with Crippen molar-refractivity contribution in [1.82, 2.24) is 56.7 Å². The molecule has 8 amide bonds. The van der Waals surface area contributed by atoms with Crippen LogP contribution in [-0.2, 0) is 101 Å². The number of anilines is 2. The van der Waals surface area contributed by atoms with Crippen molar-refractivity contribution in [2.24, 2.45) is 27.5 Å². The van der Waals surface area contributed by atoms with Gasteiger partial charge in [0.1, 0.15) is 64.9 Å². The van der Waals surface area contributed by atoms with Gasteiger partial charge in [0.2, 0.25) is 50.8 Å². The van der Waals surface area contributed by atoms with Gasteiger partial charge in [-0.25, -0.2) is 27.9 Å². The van der Waals surface area contributed by atoms with E-state index in [1.807, 2.05) is 6.92 Å². The number of rotatable bonds is 38. The van der Waals surface area contributed by atoms with E-state index in [0.29, 0.717) is 48.3 Å². The van der Waals surface area contributed by atoms with E-state index in [1.54, 1.807) is 50.4 Å². The lowest BCUT2D eigenvalue weighted by molar-refractivity contribution is -0.162. The SMILES string of the molecule is COc1cc2cc(c1Cl)N(C)C(=O)C[C@H](OC(=O)[C@H](C)N(C)C(=O)CCSSC[C@H](NC(=O)[C@H](CC(=O)O)NC(=O)[C@H](CCCN=C(N)N)NC(=O)[C@H](CC(=O)O)NC(=O)CCCCn1cc(CCCC(=O)Nc3nnc(S(N)(=O)=O)s3)nn1)C(=O)O)[C@@]1(C)O[C@H]1[C@H](C)[C@@H]1C[C@@](O)(NC(=O)O1)[C@H](OC)/C=C/C=C(\C)C2. The van der Waals surface area contributed by atoms with Crippen molar-refractivity contribution in [3.63, 3.8) is 0 Å². The van der Waals surface area contributed by atoms with Gasteiger partial charge in [0.25, 0.3) is 10.0 Å². The van der Waals surface area contributed by atoms with Gasteiger partial charge in [-0.15, -0.1) is 15.3 Å². The number of carboxylic acids is 3. The Morgan fingerprint density at radius 2 is 1.55 bits per heavy atom. The molecule has 2 saturated heterocycles. The Morgan fingerprint density at radius 3 is 2.19 bits per heavy atom. The average Bonchev–Trinajstić information content (AvgIpc) is 1.59. The quantitative estimate of drug-likeness (QED) is 0.00695. The summed E-state index contributed by atoms with van der Waals surface area (Å²) in [5, 5.41) is 75.9. The van der Waals surface area contributed by atoms with Crippen LogP contribution in [0.15, 0.2) is 51.5 Å². The van der Waals surface area contributed by atoms with E-state index in [0.717, 1.165) is 32.1 Å². The van der Waals surface area contributed by atoms with Crippen molar-refractivity contribution in [3.8, 4) is 5.75 Å². The Labute approximate surface area is 648 Å². The number of epoxide rings is 1. The average molecular weight is 1640 g/mol. The van der Waals surface area contributed by atoms with Crippen molar-refractivity contribution < 1.29 is 110 Å². The molecule has 6 rings (SSSR count). The molecule has 3 aliphatic heterocycles. The molecule has 1 aromatic carbocycles. The number of hydrogen-bond donors (Lipinski definition) is 13. The van der Waals surface area contributed by atoms with Crippen LogP contribution in [-0.4, -0.2) is 249 Å². The van der Waals surface area contributed by atoms with Crippen LogP contribution < -0.4 is 58.1 Å². The van der Waals surface area contributed by atoms with Crippen molar-refractivity contribution in [2.45, 2.75) is 194 Å². The van der Waals surface area contributed by atoms with Crippen LogP contribution in [0.2, 0.25) is 5.02 Å². The van der Waals surface area contributed by atoms with Gasteiger partial charge >= 0.3 is 30.0 Å². The number of carbonyl (C=O) groups excluding carboxylic acids is 9. The number of unbranched alkanes of at least 4 members (excludes halogenated alkanes) is 1. The van der Waals surface area contributed by atoms with Gasteiger partial charge in [-0.3, -0.25) is 58.1 Å². The first-order valence-corrected chi connectivity index (χ1v) is 39.6. The minimum absolute atomic E-state index is 0.00698. The number of nitrogens with one attached hydrogen (secondary N) is 6. The largest absolute Gasteiger partial charge is 0.495 e. The summed E-state index contributed by atoms with van der Waals surface area (Å²) in [4.78, 5) is 166. The van der Waals surface area contributed by atoms with E-state index in [2.05, 4.69) is 57.4 Å². The number of methoxy groups -OCH3 is 2. The number of nitrogens with two attached hydrogens (primary N) is 3. The van der Waals surface area contributed by atoms with Gasteiger partial charge in [-0.1, -0.05) is 80.5 Å². The fourth-order valence-corrected chi connectivity index (χ4v) is 15.4. The Kier molecular flexibility index (Phi) is 33.5. The standard InChI is InChI=1S/C65H92ClN17O23S4/c1-33-14-11-17-45(103-8)65(99)30-44(104-62(98)76-65)34(2)54-64(4,106-54)46(29-50(87)82(6)42-25-36(24-33)26-43(102-7)53(42)66)105-59(97)35(3)81(5)49(86)20-23-107-108-32-41(58(95)96)74-57(94)40(28-52(90)91)73-55(92)38(16-13-21-70-60(67)68)72-56(93)39(27-51(88)89)71-47(84)18-9-10-22-83-31-37(77-80-83)15-12-19-48(85)75-61-78-79-63(109-61)110(69,100)101/h11,14,17,25-26,31,34-35,38-41,44-46,54,99H,9-10,12-13,15-16,18-24,27-30,32H2,1-8H3,(H,71,84)(H,72,93)(H,73,92)(H,74,94)(H,76,98)(H,88,89)(H,90,91)(H,95,96)(H4,67,68,70)(H2,69,100,101)(H,75,78,85)/b17-11+,33-14+/t34-,35+,38+,39+,40+,41+,44+,45-,46+,54+,64-,65+/m1/s1. The molecular formula is C65H92ClN17O23S4. The number of sulfonamides is 1. The van der Waals surface area contributed by atoms with Crippen molar-refractivity contribution in [3.05, 3.63) is 58.4 Å². The summed E-state index contributed by atoms with van der Waals surface area (Å²) < 4.78 is 53.3. The minimum Gasteiger partial charge on any atom is -0.495 e. The summed E-state index contributed by atoms with van der Waals surface area (Å²) >= 11 is 7.42. The third-order valence-electron chi connectivity index (χ3n) is 17.8. The summed E-state index contributed by atoms with van der Waals surface area (Å²) in [7, 11) is 3.41. The predicted octanol–water partition coefficient (Wildman–Crippen LogP) is 0.235. The number of aliphatic imine (C=N–C) groups is 1. The van der Waals surface area contributed by atoms with E-state index in [-0.39, 0.29) is 91.3 Å². The Bertz CT molecular complexity index is 4070. The van der Waals surface area contributed by atoms with Crippen molar-refractivity contribution in [1.29, 1.82) is 0 Å². The zero-order chi connectivity index (χ0) is 81.5. The molecule has 0 aliphatic carbocycles. The number of esters is 1. The third kappa shape index (κ3) is 26.7. The molecule has 0 spiro atoms. The van der Waals surface area contributed by atoms with E-state index >= 15 is 0 Å². The lowest BCUT2D eigenvalue weighted by atomic mass is 9.83. The van der Waals surface area contributed by atoms with Gasteiger partial charge in [0.15, 0.2) is 11.7 Å². The van der Waals surface area contributed by atoms with Gasteiger partial charge in [0, 0.05) is 83.6 Å². The normalized spacial score (nSPS) is 22.0.